The predicted octanol–water partition coefficient (Wildman–Crippen LogP) is 2.91. The molecule has 1 N–H and O–H groups in total. The average molecular weight is 180 g/mol. The molecule has 0 spiro atoms. The lowest BCUT2D eigenvalue weighted by Gasteiger charge is -2.02. The summed E-state index contributed by atoms with van der Waals surface area (Å²) in [5.41, 5.74) is 1.70. The molecule has 2 heteroatoms. The van der Waals surface area contributed by atoms with Crippen molar-refractivity contribution in [3.63, 3.8) is 0 Å². The van der Waals surface area contributed by atoms with E-state index in [0.717, 1.165) is 11.4 Å². The van der Waals surface area contributed by atoms with Crippen LogP contribution in [-0.2, 0) is 0 Å². The van der Waals surface area contributed by atoms with E-state index in [1.54, 1.807) is 18.4 Å². The Bertz CT molecular complexity index is 200. The minimum atomic E-state index is 0.810. The van der Waals surface area contributed by atoms with E-state index in [1.807, 2.05) is 27.8 Å². The first-order valence-electron chi connectivity index (χ1n) is 4.45. The molecule has 0 radical (unpaired) electrons. The molecule has 13 heavy (non-hydrogen) atoms. The maximum absolute atomic E-state index is 4.09. The summed E-state index contributed by atoms with van der Waals surface area (Å²) in [6, 6.07) is 0. The fourth-order valence-corrected chi connectivity index (χ4v) is 0.706. The predicted molar refractivity (Wildman–Crippen MR) is 62.0 cm³/mol. The van der Waals surface area contributed by atoms with Gasteiger partial charge in [0, 0.05) is 13.3 Å². The van der Waals surface area contributed by atoms with Crippen molar-refractivity contribution in [2.75, 3.05) is 7.05 Å². The highest BCUT2D eigenvalue weighted by Crippen LogP contribution is 2.03. The first kappa shape index (κ1) is 14.2. The van der Waals surface area contributed by atoms with Crippen LogP contribution in [0.5, 0.6) is 0 Å². The average Bonchev–Trinajstić information content (AvgIpc) is 2.21. The lowest BCUT2D eigenvalue weighted by Crippen LogP contribution is -2.04. The van der Waals surface area contributed by atoms with Crippen LogP contribution >= 0.6 is 0 Å². The minimum Gasteiger partial charge on any atom is -0.386 e. The first-order chi connectivity index (χ1) is 6.29. The van der Waals surface area contributed by atoms with E-state index in [9.17, 15) is 0 Å². The van der Waals surface area contributed by atoms with E-state index in [-0.39, 0.29) is 0 Å². The number of nitrogens with one attached hydrogen (secondary N) is 1. The summed E-state index contributed by atoms with van der Waals surface area (Å²) in [6.07, 6.45) is 5.12. The van der Waals surface area contributed by atoms with Gasteiger partial charge >= 0.3 is 0 Å². The van der Waals surface area contributed by atoms with Crippen LogP contribution in [0.3, 0.4) is 0 Å². The molecule has 0 heterocycles. The van der Waals surface area contributed by atoms with Gasteiger partial charge in [0.1, 0.15) is 0 Å². The second kappa shape index (κ2) is 10.7. The van der Waals surface area contributed by atoms with Gasteiger partial charge in [-0.3, -0.25) is 4.99 Å². The van der Waals surface area contributed by atoms with Crippen molar-refractivity contribution in [2.24, 2.45) is 4.99 Å². The lowest BCUT2D eigenvalue weighted by atomic mass is 10.3. The van der Waals surface area contributed by atoms with Crippen LogP contribution < -0.4 is 5.32 Å². The largest absolute Gasteiger partial charge is 0.386 e. The van der Waals surface area contributed by atoms with Gasteiger partial charge in [0.2, 0.25) is 0 Å². The number of aliphatic imine (C=N–C) groups is 1. The summed E-state index contributed by atoms with van der Waals surface area (Å²) in [6.45, 7) is 13.1. The molecule has 0 saturated carbocycles. The molecule has 0 unspecified atom stereocenters. The zero-order valence-corrected chi connectivity index (χ0v) is 9.09. The summed E-state index contributed by atoms with van der Waals surface area (Å²) in [5.74, 6) is 0. The number of likely N-dealkylation sites (N-methyl/N-ethyl adjacent to an activating group) is 1. The second-order valence-corrected chi connectivity index (χ2v) is 1.84. The zero-order valence-electron chi connectivity index (χ0n) is 9.09. The van der Waals surface area contributed by atoms with Crippen molar-refractivity contribution in [1.29, 1.82) is 0 Å². The summed E-state index contributed by atoms with van der Waals surface area (Å²) in [7, 11) is 1.83. The molecule has 0 aliphatic carbocycles. The minimum absolute atomic E-state index is 0.810. The van der Waals surface area contributed by atoms with Crippen LogP contribution in [-0.4, -0.2) is 13.3 Å². The molecule has 0 aromatic rings. The van der Waals surface area contributed by atoms with Crippen LogP contribution in [0, 0.1) is 0 Å². The Morgan fingerprint density at radius 2 is 1.77 bits per heavy atom. The Morgan fingerprint density at radius 3 is 2.00 bits per heavy atom. The molecular formula is C11H20N2. The SMILES string of the molecule is C=C/C(N=CC)=C(\C=C)NC.CC. The van der Waals surface area contributed by atoms with Gasteiger partial charge in [-0.05, 0) is 19.1 Å². The lowest BCUT2D eigenvalue weighted by molar-refractivity contribution is 1.01. The molecule has 0 rings (SSSR count). The highest BCUT2D eigenvalue weighted by Gasteiger charge is 1.92. The Morgan fingerprint density at radius 1 is 1.23 bits per heavy atom. The Kier molecular flexibility index (Phi) is 11.7. The van der Waals surface area contributed by atoms with Crippen molar-refractivity contribution in [3.05, 3.63) is 36.7 Å². The molecular weight excluding hydrogens is 160 g/mol. The Labute approximate surface area is 81.8 Å². The third kappa shape index (κ3) is 5.91. The zero-order chi connectivity index (χ0) is 10.7. The van der Waals surface area contributed by atoms with E-state index in [0.29, 0.717) is 0 Å². The van der Waals surface area contributed by atoms with E-state index in [1.165, 1.54) is 0 Å². The normalized spacial score (nSPS) is 11.1. The van der Waals surface area contributed by atoms with Crippen LogP contribution in [0.4, 0.5) is 0 Å². The fraction of sp³-hybridized carbons (Fsp3) is 0.364. The van der Waals surface area contributed by atoms with Crippen molar-refractivity contribution in [2.45, 2.75) is 20.8 Å². The summed E-state index contributed by atoms with van der Waals surface area (Å²) in [5, 5.41) is 2.96. The van der Waals surface area contributed by atoms with Gasteiger partial charge in [-0.15, -0.1) is 0 Å². The number of nitrogens with zero attached hydrogens (tertiary/aromatic N) is 1. The molecule has 0 aromatic carbocycles. The van der Waals surface area contributed by atoms with Crippen molar-refractivity contribution in [3.8, 4) is 0 Å². The van der Waals surface area contributed by atoms with Crippen LogP contribution in [0.15, 0.2) is 41.7 Å². The van der Waals surface area contributed by atoms with Gasteiger partial charge in [0.25, 0.3) is 0 Å². The van der Waals surface area contributed by atoms with Crippen LogP contribution in [0.1, 0.15) is 20.8 Å². The smallest absolute Gasteiger partial charge is 0.0850 e. The monoisotopic (exact) mass is 180 g/mol. The quantitative estimate of drug-likeness (QED) is 0.522. The van der Waals surface area contributed by atoms with E-state index in [4.69, 9.17) is 0 Å². The molecule has 0 fully saturated rings. The highest BCUT2D eigenvalue weighted by atomic mass is 14.9. The van der Waals surface area contributed by atoms with Gasteiger partial charge in [0.15, 0.2) is 0 Å². The third-order valence-electron chi connectivity index (χ3n) is 1.21. The Balaban J connectivity index is 0. The van der Waals surface area contributed by atoms with Crippen molar-refractivity contribution in [1.82, 2.24) is 5.32 Å². The molecule has 74 valence electrons. The molecule has 0 amide bonds. The number of allylic oxidation sites excluding steroid dienone is 2. The topological polar surface area (TPSA) is 24.4 Å². The van der Waals surface area contributed by atoms with Gasteiger partial charge in [-0.2, -0.15) is 0 Å². The van der Waals surface area contributed by atoms with E-state index < -0.39 is 0 Å². The van der Waals surface area contributed by atoms with Crippen LogP contribution in [0.25, 0.3) is 0 Å². The van der Waals surface area contributed by atoms with Gasteiger partial charge in [0.05, 0.1) is 11.4 Å². The molecule has 0 aromatic heterocycles. The number of hydrogen-bond donors (Lipinski definition) is 1. The second-order valence-electron chi connectivity index (χ2n) is 1.84. The molecule has 0 saturated heterocycles. The summed E-state index contributed by atoms with van der Waals surface area (Å²) >= 11 is 0. The van der Waals surface area contributed by atoms with Gasteiger partial charge in [-0.25, -0.2) is 0 Å². The van der Waals surface area contributed by atoms with Gasteiger partial charge in [-0.1, -0.05) is 27.0 Å². The molecule has 0 aliphatic heterocycles. The fourth-order valence-electron chi connectivity index (χ4n) is 0.706. The van der Waals surface area contributed by atoms with E-state index >= 15 is 0 Å². The maximum Gasteiger partial charge on any atom is 0.0850 e. The standard InChI is InChI=1S/C9H14N2.C2H6/c1-5-8(10-4)9(6-2)11-7-3;1-2/h5-7,10H,1-2H2,3-4H3;1-2H3/b9-8-,11-7?;. The summed E-state index contributed by atoms with van der Waals surface area (Å²) < 4.78 is 0. The van der Waals surface area contributed by atoms with Gasteiger partial charge < -0.3 is 5.32 Å². The maximum atomic E-state index is 4.09. The van der Waals surface area contributed by atoms with E-state index in [2.05, 4.69) is 23.5 Å². The first-order valence-corrected chi connectivity index (χ1v) is 4.45. The molecule has 0 aliphatic rings. The number of hydrogen-bond acceptors (Lipinski definition) is 2. The third-order valence-corrected chi connectivity index (χ3v) is 1.21. The Hall–Kier alpha value is -1.31. The van der Waals surface area contributed by atoms with Crippen molar-refractivity contribution >= 4 is 6.21 Å². The highest BCUT2D eigenvalue weighted by molar-refractivity contribution is 5.56. The molecule has 0 bridgehead atoms. The van der Waals surface area contributed by atoms with Crippen molar-refractivity contribution < 1.29 is 0 Å². The van der Waals surface area contributed by atoms with Crippen LogP contribution in [0.2, 0.25) is 0 Å². The molecule has 2 nitrogen and oxygen atoms in total. The molecule has 0 atom stereocenters. The number of rotatable bonds is 4. The summed E-state index contributed by atoms with van der Waals surface area (Å²) in [4.78, 5) is 4.09.